The molecule has 1 saturated heterocycles. The molecule has 24 heavy (non-hydrogen) atoms. The number of aliphatic hydroxyl groups excluding tert-OH is 1. The summed E-state index contributed by atoms with van der Waals surface area (Å²) in [6.07, 6.45) is 0.909. The van der Waals surface area contributed by atoms with Gasteiger partial charge in [-0.05, 0) is 7.05 Å². The van der Waals surface area contributed by atoms with Crippen LogP contribution >= 0.6 is 0 Å². The number of fused-ring (bicyclic) bond motifs is 1. The van der Waals surface area contributed by atoms with E-state index < -0.39 is 17.4 Å². The smallest absolute Gasteiger partial charge is 0.332 e. The van der Waals surface area contributed by atoms with E-state index in [-0.39, 0.29) is 6.54 Å². The van der Waals surface area contributed by atoms with Crippen LogP contribution in [-0.2, 0) is 20.6 Å². The Morgan fingerprint density at radius 3 is 2.42 bits per heavy atom. The summed E-state index contributed by atoms with van der Waals surface area (Å²) < 4.78 is 4.05. The van der Waals surface area contributed by atoms with Gasteiger partial charge in [0.25, 0.3) is 5.56 Å². The van der Waals surface area contributed by atoms with Crippen molar-refractivity contribution < 1.29 is 5.11 Å². The molecule has 132 valence electrons. The van der Waals surface area contributed by atoms with E-state index in [1.807, 2.05) is 0 Å². The number of hydrogen-bond donors (Lipinski definition) is 1. The summed E-state index contributed by atoms with van der Waals surface area (Å²) in [7, 11) is 5.12. The van der Waals surface area contributed by atoms with E-state index in [0.717, 1.165) is 30.7 Å². The third-order valence-corrected chi connectivity index (χ3v) is 4.69. The van der Waals surface area contributed by atoms with Gasteiger partial charge in [0.2, 0.25) is 0 Å². The van der Waals surface area contributed by atoms with Crippen LogP contribution in [0.25, 0.3) is 11.2 Å². The fourth-order valence-electron chi connectivity index (χ4n) is 3.15. The van der Waals surface area contributed by atoms with E-state index in [9.17, 15) is 14.7 Å². The molecule has 2 aromatic rings. The standard InChI is InChI=1S/C15H24N6O3/c1-17-4-6-20(7-5-17)8-11(22)9-21-10-16-13-12(21)14(23)19(3)15(24)18(13)2/h10-11,22H,4-9H2,1-3H3. The number of hydrogen-bond acceptors (Lipinski definition) is 6. The van der Waals surface area contributed by atoms with Crippen molar-refractivity contribution in [3.63, 3.8) is 0 Å². The highest BCUT2D eigenvalue weighted by Crippen LogP contribution is 2.08. The van der Waals surface area contributed by atoms with Gasteiger partial charge in [-0.1, -0.05) is 0 Å². The topological polar surface area (TPSA) is 88.5 Å². The maximum atomic E-state index is 12.4. The molecule has 0 saturated carbocycles. The number of aromatic nitrogens is 4. The molecule has 1 atom stereocenters. The third-order valence-electron chi connectivity index (χ3n) is 4.69. The Morgan fingerprint density at radius 1 is 1.08 bits per heavy atom. The van der Waals surface area contributed by atoms with Crippen molar-refractivity contribution in [3.8, 4) is 0 Å². The molecule has 9 nitrogen and oxygen atoms in total. The molecule has 9 heteroatoms. The van der Waals surface area contributed by atoms with Gasteiger partial charge >= 0.3 is 5.69 Å². The van der Waals surface area contributed by atoms with Crippen molar-refractivity contribution in [2.45, 2.75) is 12.6 Å². The molecule has 0 amide bonds. The Bertz CT molecular complexity index is 843. The number of nitrogens with zero attached hydrogens (tertiary/aromatic N) is 6. The third kappa shape index (κ3) is 3.02. The number of rotatable bonds is 4. The normalized spacial score (nSPS) is 18.3. The molecule has 0 spiro atoms. The van der Waals surface area contributed by atoms with Crippen LogP contribution in [0.15, 0.2) is 15.9 Å². The Kier molecular flexibility index (Phi) is 4.57. The van der Waals surface area contributed by atoms with E-state index in [1.165, 1.54) is 17.9 Å². The fourth-order valence-corrected chi connectivity index (χ4v) is 3.15. The van der Waals surface area contributed by atoms with E-state index in [2.05, 4.69) is 21.8 Å². The molecule has 1 aliphatic heterocycles. The Morgan fingerprint density at radius 2 is 1.75 bits per heavy atom. The number of aryl methyl sites for hydroxylation is 1. The molecule has 0 bridgehead atoms. The second kappa shape index (κ2) is 6.50. The lowest BCUT2D eigenvalue weighted by Gasteiger charge is -2.33. The van der Waals surface area contributed by atoms with E-state index in [0.29, 0.717) is 17.7 Å². The van der Waals surface area contributed by atoms with Crippen LogP contribution in [0.5, 0.6) is 0 Å². The quantitative estimate of drug-likeness (QED) is 0.698. The molecule has 0 radical (unpaired) electrons. The minimum absolute atomic E-state index is 0.274. The molecule has 1 fully saturated rings. The lowest BCUT2D eigenvalue weighted by Crippen LogP contribution is -2.47. The van der Waals surface area contributed by atoms with Gasteiger partial charge in [-0.3, -0.25) is 18.8 Å². The number of piperazine rings is 1. The molecule has 0 aliphatic carbocycles. The van der Waals surface area contributed by atoms with E-state index in [1.54, 1.807) is 11.6 Å². The largest absolute Gasteiger partial charge is 0.390 e. The molecule has 1 unspecified atom stereocenters. The molecule has 3 rings (SSSR count). The summed E-state index contributed by atoms with van der Waals surface area (Å²) in [6.45, 7) is 4.66. The Labute approximate surface area is 139 Å². The Hall–Kier alpha value is -1.97. The average molecular weight is 336 g/mol. The van der Waals surface area contributed by atoms with Gasteiger partial charge in [0, 0.05) is 46.8 Å². The predicted octanol–water partition coefficient (Wildman–Crippen LogP) is -1.96. The molecule has 2 aromatic heterocycles. The van der Waals surface area contributed by atoms with Crippen LogP contribution in [0.4, 0.5) is 0 Å². The minimum Gasteiger partial charge on any atom is -0.390 e. The van der Waals surface area contributed by atoms with Crippen molar-refractivity contribution >= 4 is 11.2 Å². The number of likely N-dealkylation sites (N-methyl/N-ethyl adjacent to an activating group) is 1. The molecular formula is C15H24N6O3. The number of imidazole rings is 1. The first-order valence-corrected chi connectivity index (χ1v) is 8.08. The summed E-state index contributed by atoms with van der Waals surface area (Å²) in [6, 6.07) is 0. The highest BCUT2D eigenvalue weighted by atomic mass is 16.3. The van der Waals surface area contributed by atoms with Crippen LogP contribution in [0.2, 0.25) is 0 Å². The van der Waals surface area contributed by atoms with Gasteiger partial charge in [0.1, 0.15) is 0 Å². The summed E-state index contributed by atoms with van der Waals surface area (Å²) in [5.74, 6) is 0. The highest BCUT2D eigenvalue weighted by molar-refractivity contribution is 5.69. The van der Waals surface area contributed by atoms with Crippen LogP contribution < -0.4 is 11.2 Å². The fraction of sp³-hybridized carbons (Fsp3) is 0.667. The Balaban J connectivity index is 1.80. The van der Waals surface area contributed by atoms with Crippen LogP contribution in [0.1, 0.15) is 0 Å². The maximum absolute atomic E-state index is 12.4. The molecule has 1 aliphatic rings. The zero-order valence-electron chi connectivity index (χ0n) is 14.3. The van der Waals surface area contributed by atoms with Gasteiger partial charge < -0.3 is 14.6 Å². The lowest BCUT2D eigenvalue weighted by atomic mass is 10.2. The SMILES string of the molecule is CN1CCN(CC(O)Cn2cnc3c2c(=O)n(C)c(=O)n3C)CC1. The van der Waals surface area contributed by atoms with Crippen LogP contribution in [0.3, 0.4) is 0 Å². The number of aliphatic hydroxyl groups is 1. The second-order valence-electron chi connectivity index (χ2n) is 6.53. The van der Waals surface area contributed by atoms with Crippen molar-refractivity contribution in [2.24, 2.45) is 14.1 Å². The summed E-state index contributed by atoms with van der Waals surface area (Å²) >= 11 is 0. The monoisotopic (exact) mass is 336 g/mol. The molecular weight excluding hydrogens is 312 g/mol. The van der Waals surface area contributed by atoms with Crippen LogP contribution in [0, 0.1) is 0 Å². The first-order valence-electron chi connectivity index (χ1n) is 8.08. The van der Waals surface area contributed by atoms with E-state index in [4.69, 9.17) is 0 Å². The van der Waals surface area contributed by atoms with E-state index >= 15 is 0 Å². The van der Waals surface area contributed by atoms with Crippen molar-refractivity contribution in [2.75, 3.05) is 39.8 Å². The predicted molar refractivity (Wildman–Crippen MR) is 90.2 cm³/mol. The molecule has 1 N–H and O–H groups in total. The number of β-amino-alcohol motifs (C(OH)–C–C–N with tert-alkyl or cyclic N) is 1. The first kappa shape index (κ1) is 16.9. The van der Waals surface area contributed by atoms with Gasteiger partial charge in [0.15, 0.2) is 11.2 Å². The van der Waals surface area contributed by atoms with Gasteiger partial charge in [-0.15, -0.1) is 0 Å². The van der Waals surface area contributed by atoms with Gasteiger partial charge in [-0.25, -0.2) is 9.78 Å². The summed E-state index contributed by atoms with van der Waals surface area (Å²) in [5.41, 5.74) is -0.111. The summed E-state index contributed by atoms with van der Waals surface area (Å²) in [4.78, 5) is 33.0. The van der Waals surface area contributed by atoms with Gasteiger partial charge in [0.05, 0.1) is 19.0 Å². The van der Waals surface area contributed by atoms with Crippen molar-refractivity contribution in [1.82, 2.24) is 28.5 Å². The second-order valence-corrected chi connectivity index (χ2v) is 6.53. The zero-order chi connectivity index (χ0) is 17.4. The minimum atomic E-state index is -0.604. The zero-order valence-corrected chi connectivity index (χ0v) is 14.3. The highest BCUT2D eigenvalue weighted by Gasteiger charge is 2.19. The van der Waals surface area contributed by atoms with Crippen LogP contribution in [-0.4, -0.2) is 79.5 Å². The van der Waals surface area contributed by atoms with Crippen molar-refractivity contribution in [3.05, 3.63) is 27.2 Å². The van der Waals surface area contributed by atoms with Crippen molar-refractivity contribution in [1.29, 1.82) is 0 Å². The maximum Gasteiger partial charge on any atom is 0.332 e. The van der Waals surface area contributed by atoms with Gasteiger partial charge in [-0.2, -0.15) is 0 Å². The molecule has 0 aromatic carbocycles. The molecule has 3 heterocycles. The first-order chi connectivity index (χ1) is 11.4. The lowest BCUT2D eigenvalue weighted by molar-refractivity contribution is 0.0716. The average Bonchev–Trinajstić information content (AvgIpc) is 2.96. The summed E-state index contributed by atoms with van der Waals surface area (Å²) in [5, 5.41) is 10.4.